The van der Waals surface area contributed by atoms with Gasteiger partial charge in [0.2, 0.25) is 0 Å². The topological polar surface area (TPSA) is 93.8 Å². The highest BCUT2D eigenvalue weighted by atomic mass is 16.6. The third-order valence-corrected chi connectivity index (χ3v) is 3.17. The summed E-state index contributed by atoms with van der Waals surface area (Å²) in [5, 5.41) is 14.8. The largest absolute Gasteiger partial charge is 0.490 e. The van der Waals surface area contributed by atoms with Crippen molar-refractivity contribution in [1.29, 1.82) is 0 Å². The van der Waals surface area contributed by atoms with Crippen LogP contribution in [0.15, 0.2) is 47.6 Å². The van der Waals surface area contributed by atoms with Crippen LogP contribution in [-0.4, -0.2) is 24.2 Å². The van der Waals surface area contributed by atoms with E-state index in [0.29, 0.717) is 11.1 Å². The van der Waals surface area contributed by atoms with Gasteiger partial charge in [-0.2, -0.15) is 5.10 Å². The zero-order valence-electron chi connectivity index (χ0n) is 12.6. The first-order valence-corrected chi connectivity index (χ1v) is 6.74. The minimum Gasteiger partial charge on any atom is -0.490 e. The molecule has 0 spiro atoms. The predicted molar refractivity (Wildman–Crippen MR) is 85.9 cm³/mol. The van der Waals surface area contributed by atoms with Gasteiger partial charge in [-0.3, -0.25) is 14.9 Å². The number of nitro groups is 1. The number of nitrogens with zero attached hydrogens (tertiary/aromatic N) is 2. The fraction of sp³-hybridized carbons (Fsp3) is 0.125. The van der Waals surface area contributed by atoms with Crippen LogP contribution >= 0.6 is 0 Å². The van der Waals surface area contributed by atoms with Gasteiger partial charge in [0, 0.05) is 17.2 Å². The number of carbonyl (C=O) groups is 1. The predicted octanol–water partition coefficient (Wildman–Crippen LogP) is 2.68. The number of hydrazone groups is 1. The summed E-state index contributed by atoms with van der Waals surface area (Å²) in [6.07, 6.45) is 1.34. The van der Waals surface area contributed by atoms with Crippen molar-refractivity contribution in [3.8, 4) is 5.75 Å². The average Bonchev–Trinajstić information content (AvgIpc) is 2.55. The van der Waals surface area contributed by atoms with Gasteiger partial charge in [0.1, 0.15) is 0 Å². The first kappa shape index (κ1) is 16.2. The second-order valence-electron chi connectivity index (χ2n) is 4.70. The lowest BCUT2D eigenvalue weighted by atomic mass is 10.1. The van der Waals surface area contributed by atoms with Gasteiger partial charge >= 0.3 is 5.69 Å². The lowest BCUT2D eigenvalue weighted by Crippen LogP contribution is -2.18. The van der Waals surface area contributed by atoms with Gasteiger partial charge in [0.05, 0.1) is 18.2 Å². The molecule has 0 aromatic heterocycles. The van der Waals surface area contributed by atoms with Crippen molar-refractivity contribution in [2.45, 2.75) is 6.92 Å². The Morgan fingerprint density at radius 2 is 2.04 bits per heavy atom. The number of hydrogen-bond acceptors (Lipinski definition) is 5. The minimum absolute atomic E-state index is 0.163. The molecule has 0 bridgehead atoms. The van der Waals surface area contributed by atoms with Crippen LogP contribution in [0.3, 0.4) is 0 Å². The summed E-state index contributed by atoms with van der Waals surface area (Å²) in [5.74, 6) is -0.182. The molecule has 23 heavy (non-hydrogen) atoms. The molecule has 2 aromatic carbocycles. The zero-order valence-corrected chi connectivity index (χ0v) is 12.6. The van der Waals surface area contributed by atoms with Crippen LogP contribution < -0.4 is 10.2 Å². The molecule has 7 heteroatoms. The lowest BCUT2D eigenvalue weighted by Gasteiger charge is -2.03. The second kappa shape index (κ2) is 7.17. The molecule has 0 fully saturated rings. The van der Waals surface area contributed by atoms with E-state index in [1.165, 1.54) is 25.5 Å². The van der Waals surface area contributed by atoms with Gasteiger partial charge in [-0.1, -0.05) is 18.2 Å². The van der Waals surface area contributed by atoms with E-state index in [0.717, 1.165) is 5.56 Å². The maximum Gasteiger partial charge on any atom is 0.311 e. The van der Waals surface area contributed by atoms with E-state index in [2.05, 4.69) is 10.5 Å². The van der Waals surface area contributed by atoms with E-state index >= 15 is 0 Å². The third kappa shape index (κ3) is 3.91. The van der Waals surface area contributed by atoms with Crippen LogP contribution in [-0.2, 0) is 0 Å². The number of nitrogens with one attached hydrogen (secondary N) is 1. The van der Waals surface area contributed by atoms with Crippen LogP contribution in [0.25, 0.3) is 0 Å². The van der Waals surface area contributed by atoms with Crippen molar-refractivity contribution in [3.63, 3.8) is 0 Å². The summed E-state index contributed by atoms with van der Waals surface area (Å²) in [6, 6.07) is 11.5. The smallest absolute Gasteiger partial charge is 0.311 e. The Hall–Kier alpha value is -3.22. The number of amides is 1. The molecule has 0 atom stereocenters. The number of aryl methyl sites for hydroxylation is 1. The Labute approximate surface area is 132 Å². The third-order valence-electron chi connectivity index (χ3n) is 3.17. The fourth-order valence-electron chi connectivity index (χ4n) is 1.98. The van der Waals surface area contributed by atoms with Gasteiger partial charge in [-0.05, 0) is 30.7 Å². The maximum absolute atomic E-state index is 12.0. The standard InChI is InChI=1S/C16H15N3O4/c1-11-5-3-4-6-13(11)16(20)18-17-10-12-7-8-15(23-2)14(9-12)19(21)22/h3-10H,1-2H3,(H,18,20)/b17-10-. The van der Waals surface area contributed by atoms with Gasteiger partial charge in [0.25, 0.3) is 5.91 Å². The Morgan fingerprint density at radius 1 is 1.30 bits per heavy atom. The molecule has 0 saturated carbocycles. The van der Waals surface area contributed by atoms with Crippen molar-refractivity contribution in [2.24, 2.45) is 5.10 Å². The molecule has 0 aliphatic carbocycles. The fourth-order valence-corrected chi connectivity index (χ4v) is 1.98. The van der Waals surface area contributed by atoms with Crippen molar-refractivity contribution in [2.75, 3.05) is 7.11 Å². The Bertz CT molecular complexity index is 772. The molecule has 0 radical (unpaired) electrons. The van der Waals surface area contributed by atoms with Crippen molar-refractivity contribution in [3.05, 3.63) is 69.3 Å². The van der Waals surface area contributed by atoms with Crippen LogP contribution in [0.1, 0.15) is 21.5 Å². The van der Waals surface area contributed by atoms with E-state index in [9.17, 15) is 14.9 Å². The highest BCUT2D eigenvalue weighted by Gasteiger charge is 2.14. The van der Waals surface area contributed by atoms with Crippen LogP contribution in [0.4, 0.5) is 5.69 Å². The molecule has 2 rings (SSSR count). The SMILES string of the molecule is COc1ccc(/C=N\NC(=O)c2ccccc2C)cc1[N+](=O)[O-]. The van der Waals surface area contributed by atoms with Crippen molar-refractivity contribution >= 4 is 17.8 Å². The number of carbonyl (C=O) groups excluding carboxylic acids is 1. The van der Waals surface area contributed by atoms with E-state index in [1.807, 2.05) is 19.1 Å². The zero-order chi connectivity index (χ0) is 16.8. The molecule has 0 saturated heterocycles. The summed E-state index contributed by atoms with van der Waals surface area (Å²) in [6.45, 7) is 1.82. The summed E-state index contributed by atoms with van der Waals surface area (Å²) in [5.41, 5.74) is 4.06. The molecule has 0 aliphatic heterocycles. The number of hydrogen-bond donors (Lipinski definition) is 1. The minimum atomic E-state index is -0.540. The summed E-state index contributed by atoms with van der Waals surface area (Å²) < 4.78 is 4.92. The normalized spacial score (nSPS) is 10.5. The molecule has 0 unspecified atom stereocenters. The molecule has 0 heterocycles. The first-order valence-electron chi connectivity index (χ1n) is 6.74. The Kier molecular flexibility index (Phi) is 5.03. The maximum atomic E-state index is 12.0. The summed E-state index contributed by atoms with van der Waals surface area (Å²) in [4.78, 5) is 22.4. The highest BCUT2D eigenvalue weighted by Crippen LogP contribution is 2.26. The number of ether oxygens (including phenoxy) is 1. The average molecular weight is 313 g/mol. The van der Waals surface area contributed by atoms with Crippen LogP contribution in [0.2, 0.25) is 0 Å². The van der Waals surface area contributed by atoms with Crippen LogP contribution in [0.5, 0.6) is 5.75 Å². The lowest BCUT2D eigenvalue weighted by molar-refractivity contribution is -0.385. The second-order valence-corrected chi connectivity index (χ2v) is 4.70. The molecule has 7 nitrogen and oxygen atoms in total. The number of nitro benzene ring substituents is 1. The van der Waals surface area contributed by atoms with E-state index in [4.69, 9.17) is 4.74 Å². The molecular weight excluding hydrogens is 298 g/mol. The van der Waals surface area contributed by atoms with E-state index < -0.39 is 4.92 Å². The van der Waals surface area contributed by atoms with Gasteiger partial charge in [-0.25, -0.2) is 5.43 Å². The van der Waals surface area contributed by atoms with E-state index in [1.54, 1.807) is 18.2 Å². The highest BCUT2D eigenvalue weighted by molar-refractivity contribution is 5.96. The molecule has 1 N–H and O–H groups in total. The van der Waals surface area contributed by atoms with Crippen molar-refractivity contribution in [1.82, 2.24) is 5.43 Å². The Morgan fingerprint density at radius 3 is 2.70 bits per heavy atom. The molecule has 0 aliphatic rings. The molecule has 1 amide bonds. The quantitative estimate of drug-likeness (QED) is 0.521. The first-order chi connectivity index (χ1) is 11.0. The summed E-state index contributed by atoms with van der Waals surface area (Å²) in [7, 11) is 1.36. The molecule has 2 aromatic rings. The van der Waals surface area contributed by atoms with Gasteiger partial charge < -0.3 is 4.74 Å². The molecule has 118 valence electrons. The monoisotopic (exact) mass is 313 g/mol. The van der Waals surface area contributed by atoms with E-state index in [-0.39, 0.29) is 17.3 Å². The number of rotatable bonds is 5. The molecular formula is C16H15N3O4. The Balaban J connectivity index is 2.12. The van der Waals surface area contributed by atoms with Crippen LogP contribution in [0, 0.1) is 17.0 Å². The van der Waals surface area contributed by atoms with Gasteiger partial charge in [0.15, 0.2) is 5.75 Å². The number of methoxy groups -OCH3 is 1. The summed E-state index contributed by atoms with van der Waals surface area (Å²) >= 11 is 0. The van der Waals surface area contributed by atoms with Gasteiger partial charge in [-0.15, -0.1) is 0 Å². The van der Waals surface area contributed by atoms with Crippen molar-refractivity contribution < 1.29 is 14.5 Å². The number of benzene rings is 2.